The molecule has 7 nitrogen and oxygen atoms in total. The predicted octanol–water partition coefficient (Wildman–Crippen LogP) is -3.19. The van der Waals surface area contributed by atoms with E-state index in [4.69, 9.17) is 4.74 Å². The third-order valence-electron chi connectivity index (χ3n) is 2.18. The van der Waals surface area contributed by atoms with Crippen LogP contribution in [-0.2, 0) is 4.74 Å². The number of ether oxygens (including phenoxy) is 1. The van der Waals surface area contributed by atoms with E-state index < -0.39 is 11.9 Å². The normalized spacial score (nSPS) is 12.8. The quantitative estimate of drug-likeness (QED) is 0.571. The second-order valence-corrected chi connectivity index (χ2v) is 3.52. The van der Waals surface area contributed by atoms with Gasteiger partial charge in [0.1, 0.15) is 0 Å². The van der Waals surface area contributed by atoms with Crippen LogP contribution >= 0.6 is 0 Å². The zero-order chi connectivity index (χ0) is 13.4. The first-order valence-electron chi connectivity index (χ1n) is 5.42. The van der Waals surface area contributed by atoms with Crippen molar-refractivity contribution < 1.29 is 30.0 Å². The first-order valence-corrected chi connectivity index (χ1v) is 5.42. The zero-order valence-corrected chi connectivity index (χ0v) is 12.3. The average Bonchev–Trinajstić information content (AvgIpc) is 2.41. The van der Waals surface area contributed by atoms with E-state index in [1.807, 2.05) is 0 Å². The molecule has 0 aliphatic carbocycles. The summed E-state index contributed by atoms with van der Waals surface area (Å²) in [6, 6.07) is 4.81. The van der Waals surface area contributed by atoms with Crippen molar-refractivity contribution in [2.45, 2.75) is 0 Å². The summed E-state index contributed by atoms with van der Waals surface area (Å²) < 4.78 is 5.01. The second-order valence-electron chi connectivity index (χ2n) is 3.52. The van der Waals surface area contributed by atoms with Crippen LogP contribution < -0.4 is 15.5 Å². The third kappa shape index (κ3) is 8.07. The topological polar surface area (TPSA) is 133 Å². The van der Waals surface area contributed by atoms with Crippen LogP contribution in [0.2, 0.25) is 0 Å². The minimum Gasteiger partial charge on any atom is -0.545 e. The number of hydrogen-bond donors (Lipinski definition) is 1. The molecule has 0 saturated carbocycles. The Balaban J connectivity index is 0. The molecule has 0 spiro atoms. The molecule has 1 saturated heterocycles. The number of aromatic carboxylic acids is 2. The van der Waals surface area contributed by atoms with Gasteiger partial charge in [-0.15, -0.1) is 0 Å². The van der Waals surface area contributed by atoms with Crippen LogP contribution in [0, 0.1) is 0 Å². The Morgan fingerprint density at radius 3 is 1.75 bits per heavy atom. The Kier molecular flexibility index (Phi) is 12.3. The minimum atomic E-state index is -1.40. The number of carbonyl (C=O) groups is 2. The molecule has 0 unspecified atom stereocenters. The Morgan fingerprint density at radius 2 is 1.50 bits per heavy atom. The van der Waals surface area contributed by atoms with E-state index in [1.165, 1.54) is 18.2 Å². The molecular formula is C12H15MgNO6. The number of carbonyl (C=O) groups excluding carboxylic acids is 2. The summed E-state index contributed by atoms with van der Waals surface area (Å²) in [5.41, 5.74) is -0.339. The van der Waals surface area contributed by atoms with Gasteiger partial charge in [-0.2, -0.15) is 0 Å². The molecule has 1 fully saturated rings. The van der Waals surface area contributed by atoms with Crippen LogP contribution in [0.25, 0.3) is 0 Å². The van der Waals surface area contributed by atoms with Crippen molar-refractivity contribution in [1.82, 2.24) is 5.32 Å². The van der Waals surface area contributed by atoms with Crippen molar-refractivity contribution in [3.63, 3.8) is 0 Å². The van der Waals surface area contributed by atoms with Gasteiger partial charge in [-0.1, -0.05) is 18.2 Å². The molecule has 2 rings (SSSR count). The summed E-state index contributed by atoms with van der Waals surface area (Å²) >= 11 is 0. The number of rotatable bonds is 2. The molecule has 0 atom stereocenters. The number of benzene rings is 1. The average molecular weight is 294 g/mol. The largest absolute Gasteiger partial charge is 2.00 e. The molecule has 1 aliphatic rings. The van der Waals surface area contributed by atoms with Gasteiger partial charge in [0, 0.05) is 13.1 Å². The molecule has 1 aromatic carbocycles. The summed E-state index contributed by atoms with van der Waals surface area (Å²) in [6.45, 7) is 3.83. The summed E-state index contributed by atoms with van der Waals surface area (Å²) in [5, 5.41) is 23.7. The van der Waals surface area contributed by atoms with Crippen LogP contribution in [0.5, 0.6) is 0 Å². The van der Waals surface area contributed by atoms with Crippen molar-refractivity contribution in [3.05, 3.63) is 35.4 Å². The van der Waals surface area contributed by atoms with Gasteiger partial charge < -0.3 is 35.3 Å². The Morgan fingerprint density at radius 1 is 1.05 bits per heavy atom. The van der Waals surface area contributed by atoms with Gasteiger partial charge in [0.25, 0.3) is 0 Å². The number of nitrogens with one attached hydrogen (secondary N) is 1. The van der Waals surface area contributed by atoms with Gasteiger partial charge >= 0.3 is 23.1 Å². The van der Waals surface area contributed by atoms with Gasteiger partial charge in [0.05, 0.1) is 25.2 Å². The second kappa shape index (κ2) is 11.6. The smallest absolute Gasteiger partial charge is 0.545 e. The maximum Gasteiger partial charge on any atom is 2.00 e. The van der Waals surface area contributed by atoms with E-state index in [1.54, 1.807) is 0 Å². The molecule has 3 N–H and O–H groups in total. The fourth-order valence-electron chi connectivity index (χ4n) is 1.29. The third-order valence-corrected chi connectivity index (χ3v) is 2.18. The monoisotopic (exact) mass is 293 g/mol. The predicted molar refractivity (Wildman–Crippen MR) is 68.2 cm³/mol. The Labute approximate surface area is 132 Å². The van der Waals surface area contributed by atoms with Crippen LogP contribution in [0.1, 0.15) is 20.7 Å². The van der Waals surface area contributed by atoms with Gasteiger partial charge in [-0.05, 0) is 17.2 Å². The van der Waals surface area contributed by atoms with E-state index in [-0.39, 0.29) is 39.7 Å². The first-order chi connectivity index (χ1) is 8.61. The molecule has 1 aliphatic heterocycles. The molecule has 0 radical (unpaired) electrons. The summed E-state index contributed by atoms with van der Waals surface area (Å²) in [4.78, 5) is 20.5. The van der Waals surface area contributed by atoms with Crippen molar-refractivity contribution in [2.24, 2.45) is 0 Å². The number of hydrogen-bond acceptors (Lipinski definition) is 6. The maximum absolute atomic E-state index is 10.3. The standard InChI is InChI=1S/C8H6O4.C4H9NO.Mg.H2O/c9-7(10)5-2-1-3-6(4-5)8(11)12;1-3-6-4-2-5-1;;/h1-4H,(H,9,10)(H,11,12);5H,1-4H2;;1H2/q;;+2;/p-2. The summed E-state index contributed by atoms with van der Waals surface area (Å²) in [7, 11) is 0. The number of morpholine rings is 1. The first kappa shape index (κ1) is 21.1. The molecule has 0 amide bonds. The van der Waals surface area contributed by atoms with Gasteiger partial charge in [-0.25, -0.2) is 0 Å². The minimum absolute atomic E-state index is 0. The fourth-order valence-corrected chi connectivity index (χ4v) is 1.29. The van der Waals surface area contributed by atoms with E-state index >= 15 is 0 Å². The van der Waals surface area contributed by atoms with E-state index in [0.717, 1.165) is 32.4 Å². The van der Waals surface area contributed by atoms with Crippen LogP contribution in [0.3, 0.4) is 0 Å². The van der Waals surface area contributed by atoms with Crippen molar-refractivity contribution in [3.8, 4) is 0 Å². The molecule has 106 valence electrons. The van der Waals surface area contributed by atoms with E-state index in [2.05, 4.69) is 5.32 Å². The molecular weight excluding hydrogens is 278 g/mol. The number of carboxylic acid groups (broad SMARTS) is 2. The SMILES string of the molecule is C1COCCN1.O.O=C([O-])c1cccc(C(=O)[O-])c1.[Mg+2]. The van der Waals surface area contributed by atoms with E-state index in [0.29, 0.717) is 0 Å². The molecule has 0 bridgehead atoms. The van der Waals surface area contributed by atoms with Crippen molar-refractivity contribution in [2.75, 3.05) is 26.3 Å². The van der Waals surface area contributed by atoms with Crippen LogP contribution in [0.15, 0.2) is 24.3 Å². The van der Waals surface area contributed by atoms with Gasteiger partial charge in [0.2, 0.25) is 0 Å². The fraction of sp³-hybridized carbons (Fsp3) is 0.333. The maximum atomic E-state index is 10.3. The van der Waals surface area contributed by atoms with Gasteiger partial charge in [0.15, 0.2) is 0 Å². The number of carboxylic acids is 2. The molecule has 8 heteroatoms. The zero-order valence-electron chi connectivity index (χ0n) is 10.9. The van der Waals surface area contributed by atoms with Crippen LogP contribution in [0.4, 0.5) is 0 Å². The Hall–Kier alpha value is -1.19. The van der Waals surface area contributed by atoms with Crippen molar-refractivity contribution >= 4 is 35.0 Å². The van der Waals surface area contributed by atoms with Crippen LogP contribution in [-0.4, -0.2) is 66.8 Å². The summed E-state index contributed by atoms with van der Waals surface area (Å²) in [5.74, 6) is -2.81. The molecule has 1 heterocycles. The van der Waals surface area contributed by atoms with E-state index in [9.17, 15) is 19.8 Å². The van der Waals surface area contributed by atoms with Gasteiger partial charge in [-0.3, -0.25) is 0 Å². The van der Waals surface area contributed by atoms with Crippen molar-refractivity contribution in [1.29, 1.82) is 0 Å². The molecule has 20 heavy (non-hydrogen) atoms. The molecule has 1 aromatic rings. The Bertz CT molecular complexity index is 381. The molecule has 0 aromatic heterocycles. The summed E-state index contributed by atoms with van der Waals surface area (Å²) in [6.07, 6.45) is 0.